The van der Waals surface area contributed by atoms with Gasteiger partial charge in [0.05, 0.1) is 5.56 Å². The van der Waals surface area contributed by atoms with Gasteiger partial charge in [0, 0.05) is 18.8 Å². The second-order valence-corrected chi connectivity index (χ2v) is 6.76. The molecule has 1 aliphatic carbocycles. The van der Waals surface area contributed by atoms with E-state index in [4.69, 9.17) is 4.74 Å². The van der Waals surface area contributed by atoms with Gasteiger partial charge in [-0.25, -0.2) is 9.78 Å². The molecular weight excluding hydrogens is 350 g/mol. The lowest BCUT2D eigenvalue weighted by atomic mass is 9.94. The highest BCUT2D eigenvalue weighted by atomic mass is 32.2. The van der Waals surface area contributed by atoms with Crippen molar-refractivity contribution in [2.45, 2.75) is 55.9 Å². The number of likely N-dealkylation sites (N-methyl/N-ethyl adjacent to an activating group) is 1. The molecule has 1 aromatic heterocycles. The molecule has 0 bridgehead atoms. The molecule has 0 radical (unpaired) electrons. The van der Waals surface area contributed by atoms with Crippen molar-refractivity contribution in [3.63, 3.8) is 0 Å². The number of carbonyl (C=O) groups is 2. The Balaban J connectivity index is 1.95. The van der Waals surface area contributed by atoms with E-state index < -0.39 is 18.3 Å². The van der Waals surface area contributed by atoms with E-state index in [1.165, 1.54) is 24.8 Å². The summed E-state index contributed by atoms with van der Waals surface area (Å²) in [6.45, 7) is 2.06. The Morgan fingerprint density at radius 1 is 1.36 bits per heavy atom. The Kier molecular flexibility index (Phi) is 7.61. The van der Waals surface area contributed by atoms with Gasteiger partial charge in [0.2, 0.25) is 0 Å². The number of hydrogen-bond acceptors (Lipinski definition) is 5. The minimum atomic E-state index is -2.69. The molecule has 0 spiro atoms. The van der Waals surface area contributed by atoms with Gasteiger partial charge in [-0.15, -0.1) is 0 Å². The van der Waals surface area contributed by atoms with Crippen LogP contribution in [0.5, 0.6) is 0 Å². The average Bonchev–Trinajstić information content (AvgIpc) is 2.61. The quantitative estimate of drug-likeness (QED) is 0.539. The maximum atomic E-state index is 12.5. The number of thioether (sulfide) groups is 1. The molecule has 1 aliphatic rings. The van der Waals surface area contributed by atoms with Crippen LogP contribution < -0.4 is 0 Å². The number of hydrogen-bond donors (Lipinski definition) is 0. The molecule has 1 fully saturated rings. The second-order valence-electron chi connectivity index (χ2n) is 5.78. The van der Waals surface area contributed by atoms with Gasteiger partial charge in [-0.3, -0.25) is 4.79 Å². The fraction of sp³-hybridized carbons (Fsp3) is 0.588. The molecule has 25 heavy (non-hydrogen) atoms. The zero-order valence-corrected chi connectivity index (χ0v) is 14.9. The van der Waals surface area contributed by atoms with Crippen molar-refractivity contribution < 1.29 is 23.1 Å². The van der Waals surface area contributed by atoms with E-state index in [9.17, 15) is 18.4 Å². The van der Waals surface area contributed by atoms with Gasteiger partial charge in [-0.2, -0.15) is 8.78 Å². The molecule has 1 saturated carbocycles. The average molecular weight is 372 g/mol. The van der Waals surface area contributed by atoms with Crippen LogP contribution >= 0.6 is 11.8 Å². The number of carbonyl (C=O) groups excluding carboxylic acids is 2. The molecule has 0 unspecified atom stereocenters. The first-order valence-corrected chi connectivity index (χ1v) is 9.27. The van der Waals surface area contributed by atoms with Crippen molar-refractivity contribution in [3.8, 4) is 0 Å². The fourth-order valence-corrected chi connectivity index (χ4v) is 3.61. The Morgan fingerprint density at radius 3 is 2.72 bits per heavy atom. The lowest BCUT2D eigenvalue weighted by Crippen LogP contribution is -2.43. The van der Waals surface area contributed by atoms with E-state index in [2.05, 4.69) is 4.98 Å². The van der Waals surface area contributed by atoms with Gasteiger partial charge in [0.15, 0.2) is 6.61 Å². The molecule has 1 heterocycles. The van der Waals surface area contributed by atoms with Crippen LogP contribution in [0.1, 0.15) is 49.4 Å². The highest BCUT2D eigenvalue weighted by Gasteiger charge is 2.25. The molecule has 5 nitrogen and oxygen atoms in total. The third-order valence-electron chi connectivity index (χ3n) is 4.20. The maximum absolute atomic E-state index is 12.5. The summed E-state index contributed by atoms with van der Waals surface area (Å²) in [5.74, 6) is -3.76. The third kappa shape index (κ3) is 5.66. The number of pyridine rings is 1. The monoisotopic (exact) mass is 372 g/mol. The Bertz CT molecular complexity index is 595. The number of alkyl halides is 2. The van der Waals surface area contributed by atoms with Crippen molar-refractivity contribution in [1.29, 1.82) is 0 Å². The minimum absolute atomic E-state index is 0.0543. The molecule has 0 atom stereocenters. The highest BCUT2D eigenvalue weighted by molar-refractivity contribution is 7.99. The van der Waals surface area contributed by atoms with Gasteiger partial charge in [0.25, 0.3) is 11.7 Å². The van der Waals surface area contributed by atoms with Gasteiger partial charge < -0.3 is 9.64 Å². The van der Waals surface area contributed by atoms with Crippen molar-refractivity contribution in [1.82, 2.24) is 9.88 Å². The van der Waals surface area contributed by atoms with Crippen molar-refractivity contribution in [3.05, 3.63) is 23.9 Å². The topological polar surface area (TPSA) is 59.5 Å². The number of nitrogens with zero attached hydrogens (tertiary/aromatic N) is 2. The van der Waals surface area contributed by atoms with E-state index >= 15 is 0 Å². The highest BCUT2D eigenvalue weighted by Crippen LogP contribution is 2.27. The van der Waals surface area contributed by atoms with Crippen molar-refractivity contribution in [2.24, 2.45) is 0 Å². The predicted octanol–water partition coefficient (Wildman–Crippen LogP) is 3.73. The first-order valence-electron chi connectivity index (χ1n) is 8.39. The first kappa shape index (κ1) is 19.6. The van der Waals surface area contributed by atoms with E-state index in [1.807, 2.05) is 6.92 Å². The molecule has 2 rings (SSSR count). The molecule has 0 aliphatic heterocycles. The number of aromatic nitrogens is 1. The Labute approximate surface area is 150 Å². The van der Waals surface area contributed by atoms with E-state index in [0.29, 0.717) is 6.54 Å². The third-order valence-corrected chi connectivity index (χ3v) is 4.92. The number of halogens is 2. The summed E-state index contributed by atoms with van der Waals surface area (Å²) < 4.78 is 30.1. The predicted molar refractivity (Wildman–Crippen MR) is 90.6 cm³/mol. The van der Waals surface area contributed by atoms with Crippen LogP contribution in [0.15, 0.2) is 23.4 Å². The summed E-state index contributed by atoms with van der Waals surface area (Å²) >= 11 is 0.181. The van der Waals surface area contributed by atoms with E-state index in [-0.39, 0.29) is 34.3 Å². The summed E-state index contributed by atoms with van der Waals surface area (Å²) in [5, 5.41) is -0.102. The summed E-state index contributed by atoms with van der Waals surface area (Å²) in [6, 6.07) is 3.02. The van der Waals surface area contributed by atoms with Crippen molar-refractivity contribution >= 4 is 23.6 Å². The molecule has 0 saturated heterocycles. The van der Waals surface area contributed by atoms with Crippen LogP contribution in [0.3, 0.4) is 0 Å². The van der Waals surface area contributed by atoms with Gasteiger partial charge >= 0.3 is 5.97 Å². The Morgan fingerprint density at radius 2 is 2.08 bits per heavy atom. The van der Waals surface area contributed by atoms with E-state index in [0.717, 1.165) is 25.7 Å². The lowest BCUT2D eigenvalue weighted by Gasteiger charge is -2.33. The van der Waals surface area contributed by atoms with Crippen LogP contribution in [-0.4, -0.2) is 46.7 Å². The summed E-state index contributed by atoms with van der Waals surface area (Å²) in [7, 11) is 0. The normalized spacial score (nSPS) is 15.2. The smallest absolute Gasteiger partial charge is 0.341 e. The summed E-state index contributed by atoms with van der Waals surface area (Å²) in [4.78, 5) is 30.0. The van der Waals surface area contributed by atoms with Crippen LogP contribution in [0.25, 0.3) is 0 Å². The zero-order valence-electron chi connectivity index (χ0n) is 14.1. The van der Waals surface area contributed by atoms with Crippen LogP contribution in [-0.2, 0) is 9.53 Å². The first-order chi connectivity index (χ1) is 12.0. The summed E-state index contributed by atoms with van der Waals surface area (Å²) in [6.07, 6.45) is 6.63. The minimum Gasteiger partial charge on any atom is -0.452 e. The molecule has 8 heteroatoms. The van der Waals surface area contributed by atoms with Crippen LogP contribution in [0, 0.1) is 0 Å². The van der Waals surface area contributed by atoms with Crippen LogP contribution in [0.4, 0.5) is 8.78 Å². The number of esters is 1. The van der Waals surface area contributed by atoms with Crippen LogP contribution in [0.2, 0.25) is 0 Å². The Hall–Kier alpha value is -1.70. The fourth-order valence-electron chi connectivity index (χ4n) is 3.04. The number of amides is 1. The molecule has 0 aromatic carbocycles. The largest absolute Gasteiger partial charge is 0.452 e. The van der Waals surface area contributed by atoms with Gasteiger partial charge in [-0.05, 0) is 43.7 Å². The summed E-state index contributed by atoms with van der Waals surface area (Å²) in [5.41, 5.74) is -0.0543. The van der Waals surface area contributed by atoms with E-state index in [1.54, 1.807) is 4.90 Å². The molecule has 0 N–H and O–H groups in total. The SMILES string of the molecule is CCN(C(=O)COC(=O)c1cccnc1SC(F)F)C1CCCCC1. The lowest BCUT2D eigenvalue weighted by molar-refractivity contribution is -0.137. The molecule has 138 valence electrons. The zero-order chi connectivity index (χ0) is 18.2. The van der Waals surface area contributed by atoms with Gasteiger partial charge in [0.1, 0.15) is 5.03 Å². The molecule has 1 aromatic rings. The molecule has 1 amide bonds. The van der Waals surface area contributed by atoms with Gasteiger partial charge in [-0.1, -0.05) is 19.3 Å². The second kappa shape index (κ2) is 9.70. The number of ether oxygens (including phenoxy) is 1. The standard InChI is InChI=1S/C17H22F2N2O3S/c1-2-21(12-7-4-3-5-8-12)14(22)11-24-16(23)13-9-6-10-20-15(13)25-17(18)19/h6,9-10,12,17H,2-5,7-8,11H2,1H3. The molecular formula is C17H22F2N2O3S. The maximum Gasteiger partial charge on any atom is 0.341 e. The number of rotatable bonds is 7. The van der Waals surface area contributed by atoms with Crippen molar-refractivity contribution in [2.75, 3.05) is 13.2 Å².